The first kappa shape index (κ1) is 53.8. The number of nitrogens with two attached hydrogens (primary N) is 2. The maximum Gasteiger partial charge on any atom is 0.327 e. The van der Waals surface area contributed by atoms with Crippen LogP contribution in [-0.4, -0.2) is 50.6 Å². The van der Waals surface area contributed by atoms with Crippen LogP contribution in [0.2, 0.25) is 0 Å². The Bertz CT molecular complexity index is 2060. The first-order chi connectivity index (χ1) is 33.0. The van der Waals surface area contributed by atoms with Crippen LogP contribution in [0.25, 0.3) is 22.3 Å². The number of hydrogen-bond acceptors (Lipinski definition) is 10. The van der Waals surface area contributed by atoms with Crippen molar-refractivity contribution in [3.05, 3.63) is 72.8 Å². The second-order valence-electron chi connectivity index (χ2n) is 16.5. The highest BCUT2D eigenvalue weighted by Crippen LogP contribution is 2.45. The minimum atomic E-state index is -0.955. The summed E-state index contributed by atoms with van der Waals surface area (Å²) < 4.78 is 26.0. The standard InChI is InChI=1S/C52H72N8O8/c1-5-9-13-17-29-65-45-35-43(47(67-31-19-15-11-7-3)33-41(45)37-21-25-39(26-22-37)55-51(63)57-49(53)61)59-60-44-36-46(66-30-18-14-10-6-2)42(34-48(44)68-32-20-16-12-8-4)38-23-27-40(28-24-38)56-52(64)58-50(54)62/h21-28,33-36H,5-20,29-32H2,1-4H3,(H4,53,55,57,61,63)(H4,54,56,58,62,64). The summed E-state index contributed by atoms with van der Waals surface area (Å²) in [7, 11) is 0. The molecule has 0 radical (unpaired) electrons. The molecule has 0 aliphatic carbocycles. The Morgan fingerprint density at radius 2 is 0.735 bits per heavy atom. The third-order valence-corrected chi connectivity index (χ3v) is 10.8. The number of rotatable bonds is 30. The molecule has 4 aromatic rings. The van der Waals surface area contributed by atoms with E-state index in [9.17, 15) is 19.2 Å². The minimum absolute atomic E-state index is 0.464. The smallest absolute Gasteiger partial charge is 0.327 e. The van der Waals surface area contributed by atoms with Crippen molar-refractivity contribution in [1.29, 1.82) is 0 Å². The highest BCUT2D eigenvalue weighted by Gasteiger charge is 2.19. The van der Waals surface area contributed by atoms with Gasteiger partial charge in [-0.3, -0.25) is 10.6 Å². The highest BCUT2D eigenvalue weighted by molar-refractivity contribution is 6.01. The molecule has 0 saturated heterocycles. The van der Waals surface area contributed by atoms with E-state index >= 15 is 0 Å². The van der Waals surface area contributed by atoms with Crippen molar-refractivity contribution in [2.75, 3.05) is 37.1 Å². The molecule has 0 aliphatic rings. The maximum atomic E-state index is 12.2. The number of anilines is 2. The molecule has 0 heterocycles. The lowest BCUT2D eigenvalue weighted by molar-refractivity contribution is 0.236. The largest absolute Gasteiger partial charge is 0.493 e. The second kappa shape index (κ2) is 30.4. The number of carbonyl (C=O) groups excluding carboxylic acids is 4. The molecule has 16 heteroatoms. The molecule has 0 unspecified atom stereocenters. The number of nitrogens with zero attached hydrogens (tertiary/aromatic N) is 2. The quantitative estimate of drug-likeness (QED) is 0.0217. The zero-order valence-corrected chi connectivity index (χ0v) is 40.4. The first-order valence-corrected chi connectivity index (χ1v) is 24.3. The summed E-state index contributed by atoms with van der Waals surface area (Å²) >= 11 is 0. The van der Waals surface area contributed by atoms with Gasteiger partial charge in [0.05, 0.1) is 26.4 Å². The summed E-state index contributed by atoms with van der Waals surface area (Å²) in [6.07, 6.45) is 16.3. The van der Waals surface area contributed by atoms with Crippen molar-refractivity contribution >= 4 is 46.9 Å². The predicted octanol–water partition coefficient (Wildman–Crippen LogP) is 13.7. The van der Waals surface area contributed by atoms with E-state index < -0.39 is 24.1 Å². The molecule has 8 amide bonds. The number of urea groups is 4. The van der Waals surface area contributed by atoms with Crippen molar-refractivity contribution in [3.63, 3.8) is 0 Å². The molecule has 0 atom stereocenters. The van der Waals surface area contributed by atoms with Crippen molar-refractivity contribution in [3.8, 4) is 45.3 Å². The van der Waals surface area contributed by atoms with Gasteiger partial charge in [0.25, 0.3) is 0 Å². The molecule has 8 N–H and O–H groups in total. The molecule has 68 heavy (non-hydrogen) atoms. The lowest BCUT2D eigenvalue weighted by Crippen LogP contribution is -2.38. The summed E-state index contributed by atoms with van der Waals surface area (Å²) in [6.45, 7) is 10.6. The molecular weight excluding hydrogens is 865 g/mol. The Kier molecular flexibility index (Phi) is 24.1. The van der Waals surface area contributed by atoms with Crippen LogP contribution in [0.15, 0.2) is 83.0 Å². The van der Waals surface area contributed by atoms with Gasteiger partial charge in [0, 0.05) is 34.6 Å². The SMILES string of the molecule is CCCCCCOc1cc(-c2ccc(NC(=O)NC(N)=O)cc2)c(OCCCCCC)cc1N=Nc1cc(OCCCCCC)c(-c2ccc(NC(=O)NC(N)=O)cc2)cc1OCCCCCC. The van der Waals surface area contributed by atoms with Crippen LogP contribution in [0, 0.1) is 0 Å². The molecule has 16 nitrogen and oxygen atoms in total. The second-order valence-corrected chi connectivity index (χ2v) is 16.5. The molecular formula is C52H72N8O8. The topological polar surface area (TPSA) is 230 Å². The normalized spacial score (nSPS) is 10.9. The Morgan fingerprint density at radius 3 is 1.03 bits per heavy atom. The van der Waals surface area contributed by atoms with Gasteiger partial charge in [-0.05, 0) is 73.2 Å². The lowest BCUT2D eigenvalue weighted by Gasteiger charge is -2.18. The Labute approximate surface area is 401 Å². The van der Waals surface area contributed by atoms with Crippen LogP contribution in [0.4, 0.5) is 41.9 Å². The number of primary amides is 2. The van der Waals surface area contributed by atoms with Crippen LogP contribution in [0.3, 0.4) is 0 Å². The van der Waals surface area contributed by atoms with Crippen molar-refractivity contribution < 1.29 is 38.1 Å². The van der Waals surface area contributed by atoms with E-state index in [1.54, 1.807) is 24.3 Å². The molecule has 0 fully saturated rings. The molecule has 0 spiro atoms. The molecule has 0 aliphatic heterocycles. The minimum Gasteiger partial charge on any atom is -0.493 e. The van der Waals surface area contributed by atoms with E-state index in [0.717, 1.165) is 125 Å². The van der Waals surface area contributed by atoms with E-state index in [1.807, 2.05) is 59.2 Å². The number of nitrogens with one attached hydrogen (secondary N) is 4. The fraction of sp³-hybridized carbons (Fsp3) is 0.462. The van der Waals surface area contributed by atoms with Crippen LogP contribution < -0.4 is 51.7 Å². The Balaban J connectivity index is 1.83. The van der Waals surface area contributed by atoms with Gasteiger partial charge >= 0.3 is 24.1 Å². The summed E-state index contributed by atoms with van der Waals surface area (Å²) in [4.78, 5) is 46.8. The van der Waals surface area contributed by atoms with Gasteiger partial charge in [-0.25, -0.2) is 19.2 Å². The monoisotopic (exact) mass is 937 g/mol. The summed E-state index contributed by atoms with van der Waals surface area (Å²) in [5.74, 6) is 2.21. The van der Waals surface area contributed by atoms with E-state index in [1.165, 1.54) is 0 Å². The van der Waals surface area contributed by atoms with E-state index in [4.69, 9.17) is 40.6 Å². The van der Waals surface area contributed by atoms with Crippen molar-refractivity contribution in [2.45, 2.75) is 130 Å². The number of imide groups is 2. The van der Waals surface area contributed by atoms with Crippen LogP contribution in [0.5, 0.6) is 23.0 Å². The van der Waals surface area contributed by atoms with Gasteiger partial charge in [0.15, 0.2) is 0 Å². The maximum absolute atomic E-state index is 12.2. The van der Waals surface area contributed by atoms with Crippen LogP contribution >= 0.6 is 0 Å². The number of unbranched alkanes of at least 4 members (excludes halogenated alkanes) is 12. The van der Waals surface area contributed by atoms with E-state index in [0.29, 0.717) is 72.2 Å². The van der Waals surface area contributed by atoms with Crippen LogP contribution in [-0.2, 0) is 0 Å². The van der Waals surface area contributed by atoms with Gasteiger partial charge in [-0.15, -0.1) is 10.2 Å². The average Bonchev–Trinajstić information content (AvgIpc) is 3.31. The average molecular weight is 937 g/mol. The molecule has 368 valence electrons. The van der Waals surface area contributed by atoms with Gasteiger partial charge in [-0.2, -0.15) is 0 Å². The Morgan fingerprint density at radius 1 is 0.426 bits per heavy atom. The van der Waals surface area contributed by atoms with E-state index in [2.05, 4.69) is 38.3 Å². The van der Waals surface area contributed by atoms with Gasteiger partial charge < -0.3 is 41.0 Å². The number of azo groups is 1. The van der Waals surface area contributed by atoms with E-state index in [-0.39, 0.29) is 0 Å². The van der Waals surface area contributed by atoms with Gasteiger partial charge in [-0.1, -0.05) is 129 Å². The third-order valence-electron chi connectivity index (χ3n) is 10.8. The zero-order chi connectivity index (χ0) is 48.9. The number of carbonyl (C=O) groups is 4. The highest BCUT2D eigenvalue weighted by atomic mass is 16.5. The fourth-order valence-corrected chi connectivity index (χ4v) is 7.14. The van der Waals surface area contributed by atoms with Gasteiger partial charge in [0.2, 0.25) is 0 Å². The number of ether oxygens (including phenoxy) is 4. The number of hydrogen-bond donors (Lipinski definition) is 6. The summed E-state index contributed by atoms with van der Waals surface area (Å²) in [5, 5.41) is 19.0. The van der Waals surface area contributed by atoms with Gasteiger partial charge in [0.1, 0.15) is 34.4 Å². The summed E-state index contributed by atoms with van der Waals surface area (Å²) in [6, 6.07) is 18.5. The predicted molar refractivity (Wildman–Crippen MR) is 270 cm³/mol. The molecule has 4 rings (SSSR count). The fourth-order valence-electron chi connectivity index (χ4n) is 7.14. The lowest BCUT2D eigenvalue weighted by atomic mass is 10.0. The number of amides is 8. The number of benzene rings is 4. The third kappa shape index (κ3) is 19.2. The summed E-state index contributed by atoms with van der Waals surface area (Å²) in [5.41, 5.74) is 15.3. The Hall–Kier alpha value is -6.84. The zero-order valence-electron chi connectivity index (χ0n) is 40.4. The van der Waals surface area contributed by atoms with Crippen molar-refractivity contribution in [1.82, 2.24) is 10.6 Å². The molecule has 4 aromatic carbocycles. The molecule has 0 aromatic heterocycles. The van der Waals surface area contributed by atoms with Crippen molar-refractivity contribution in [2.24, 2.45) is 21.7 Å². The molecule has 0 bridgehead atoms. The molecule has 0 saturated carbocycles. The van der Waals surface area contributed by atoms with Crippen LogP contribution in [0.1, 0.15) is 130 Å². The first-order valence-electron chi connectivity index (χ1n) is 24.3.